The van der Waals surface area contributed by atoms with Crippen molar-refractivity contribution in [3.05, 3.63) is 29.3 Å². The number of ether oxygens (including phenoxy) is 2. The fourth-order valence-corrected chi connectivity index (χ4v) is 2.87. The number of nitrogens with one attached hydrogen (secondary N) is 1. The molecule has 1 fully saturated rings. The molecule has 0 aromatic heterocycles. The lowest BCUT2D eigenvalue weighted by Crippen LogP contribution is -2.38. The van der Waals surface area contributed by atoms with E-state index in [1.807, 2.05) is 32.0 Å². The number of benzene rings is 1. The second-order valence-corrected chi connectivity index (χ2v) is 6.49. The summed E-state index contributed by atoms with van der Waals surface area (Å²) in [6.07, 6.45) is -0.825. The number of nitrogens with zero attached hydrogens (tertiary/aromatic N) is 1. The minimum absolute atomic E-state index is 0.0875. The molecule has 1 aromatic rings. The molecule has 2 amide bonds. The van der Waals surface area contributed by atoms with Crippen LogP contribution in [-0.2, 0) is 23.9 Å². The Labute approximate surface area is 153 Å². The number of amides is 2. The summed E-state index contributed by atoms with van der Waals surface area (Å²) in [5, 5.41) is 2.62. The van der Waals surface area contributed by atoms with Crippen molar-refractivity contribution in [2.75, 3.05) is 31.7 Å². The Bertz CT molecular complexity index is 689. The van der Waals surface area contributed by atoms with Gasteiger partial charge >= 0.3 is 5.97 Å². The van der Waals surface area contributed by atoms with Crippen molar-refractivity contribution in [3.63, 3.8) is 0 Å². The molecule has 2 atom stereocenters. The van der Waals surface area contributed by atoms with Crippen LogP contribution in [0.5, 0.6) is 0 Å². The summed E-state index contributed by atoms with van der Waals surface area (Å²) >= 11 is 0. The first-order chi connectivity index (χ1) is 12.3. The Kier molecular flexibility index (Phi) is 6.74. The Balaban J connectivity index is 1.96. The average molecular weight is 362 g/mol. The number of carbonyl (C=O) groups is 3. The van der Waals surface area contributed by atoms with Crippen LogP contribution in [-0.4, -0.2) is 50.7 Å². The van der Waals surface area contributed by atoms with Crippen molar-refractivity contribution in [2.45, 2.75) is 33.3 Å². The predicted octanol–water partition coefficient (Wildman–Crippen LogP) is 1.35. The topological polar surface area (TPSA) is 84.9 Å². The molecular formula is C19H26N2O5. The molecule has 7 heteroatoms. The van der Waals surface area contributed by atoms with Crippen LogP contribution in [0.15, 0.2) is 18.2 Å². The van der Waals surface area contributed by atoms with Crippen molar-refractivity contribution >= 4 is 23.5 Å². The Morgan fingerprint density at radius 2 is 2.08 bits per heavy atom. The molecule has 0 saturated carbocycles. The van der Waals surface area contributed by atoms with Gasteiger partial charge < -0.3 is 19.7 Å². The van der Waals surface area contributed by atoms with Crippen molar-refractivity contribution in [3.8, 4) is 0 Å². The first-order valence-corrected chi connectivity index (χ1v) is 8.68. The van der Waals surface area contributed by atoms with E-state index < -0.39 is 18.0 Å². The molecule has 0 bridgehead atoms. The second-order valence-electron chi connectivity index (χ2n) is 6.49. The molecule has 0 spiro atoms. The van der Waals surface area contributed by atoms with Crippen LogP contribution >= 0.6 is 0 Å². The molecule has 2 rings (SSSR count). The van der Waals surface area contributed by atoms with Gasteiger partial charge in [0, 0.05) is 32.3 Å². The zero-order valence-corrected chi connectivity index (χ0v) is 15.7. The molecule has 0 radical (unpaired) electrons. The molecule has 1 aromatic carbocycles. The van der Waals surface area contributed by atoms with Crippen LogP contribution in [0, 0.1) is 19.8 Å². The third kappa shape index (κ3) is 4.60. The maximum atomic E-state index is 12.4. The summed E-state index contributed by atoms with van der Waals surface area (Å²) in [5.74, 6) is -1.60. The van der Waals surface area contributed by atoms with E-state index >= 15 is 0 Å². The molecular weight excluding hydrogens is 336 g/mol. The van der Waals surface area contributed by atoms with Crippen LogP contribution in [0.4, 0.5) is 5.69 Å². The van der Waals surface area contributed by atoms with Gasteiger partial charge in [0.1, 0.15) is 0 Å². The monoisotopic (exact) mass is 362 g/mol. The van der Waals surface area contributed by atoms with E-state index in [2.05, 4.69) is 5.32 Å². The molecule has 142 valence electrons. The number of esters is 1. The van der Waals surface area contributed by atoms with Gasteiger partial charge in [-0.2, -0.15) is 0 Å². The van der Waals surface area contributed by atoms with Gasteiger partial charge in [0.05, 0.1) is 12.5 Å². The zero-order valence-electron chi connectivity index (χ0n) is 15.7. The van der Waals surface area contributed by atoms with Crippen LogP contribution in [0.2, 0.25) is 0 Å². The van der Waals surface area contributed by atoms with Crippen LogP contribution in [0.3, 0.4) is 0 Å². The summed E-state index contributed by atoms with van der Waals surface area (Å²) in [5.41, 5.74) is 2.92. The highest BCUT2D eigenvalue weighted by molar-refractivity contribution is 6.00. The van der Waals surface area contributed by atoms with Crippen LogP contribution in [0.1, 0.15) is 24.5 Å². The predicted molar refractivity (Wildman–Crippen MR) is 96.8 cm³/mol. The van der Waals surface area contributed by atoms with E-state index in [-0.39, 0.29) is 24.8 Å². The van der Waals surface area contributed by atoms with Gasteiger partial charge in [0.2, 0.25) is 5.91 Å². The van der Waals surface area contributed by atoms with E-state index in [0.29, 0.717) is 13.2 Å². The number of methoxy groups -OCH3 is 1. The Morgan fingerprint density at radius 1 is 1.35 bits per heavy atom. The zero-order chi connectivity index (χ0) is 19.3. The molecule has 1 saturated heterocycles. The third-order valence-corrected chi connectivity index (χ3v) is 4.59. The number of anilines is 1. The lowest BCUT2D eigenvalue weighted by atomic mass is 10.1. The minimum Gasteiger partial charge on any atom is -0.452 e. The van der Waals surface area contributed by atoms with Crippen molar-refractivity contribution in [2.24, 2.45) is 5.92 Å². The fourth-order valence-electron chi connectivity index (χ4n) is 2.87. The number of rotatable bonds is 7. The number of carbonyl (C=O) groups excluding carboxylic acids is 3. The SMILES string of the molecule is COCCNC(=O)[C@@H](C)OC(=O)[C@H]1CC(=O)N(c2cccc(C)c2C)C1. The first kappa shape index (κ1) is 19.9. The number of aryl methyl sites for hydroxylation is 1. The molecule has 0 unspecified atom stereocenters. The fraction of sp³-hybridized carbons (Fsp3) is 0.526. The van der Waals surface area contributed by atoms with Crippen LogP contribution in [0.25, 0.3) is 0 Å². The van der Waals surface area contributed by atoms with E-state index in [4.69, 9.17) is 9.47 Å². The Hall–Kier alpha value is -2.41. The van der Waals surface area contributed by atoms with Gasteiger partial charge in [-0.05, 0) is 38.0 Å². The van der Waals surface area contributed by atoms with E-state index in [1.54, 1.807) is 4.90 Å². The normalized spacial score (nSPS) is 17.9. The standard InChI is InChI=1S/C19H26N2O5/c1-12-6-5-7-16(13(12)2)21-11-15(10-17(21)22)19(24)26-14(3)18(23)20-8-9-25-4/h5-7,14-15H,8-11H2,1-4H3,(H,20,23)/t14-,15+/m1/s1. The molecule has 7 nitrogen and oxygen atoms in total. The third-order valence-electron chi connectivity index (χ3n) is 4.59. The minimum atomic E-state index is -0.913. The highest BCUT2D eigenvalue weighted by atomic mass is 16.5. The van der Waals surface area contributed by atoms with Crippen molar-refractivity contribution in [1.29, 1.82) is 0 Å². The highest BCUT2D eigenvalue weighted by Crippen LogP contribution is 2.30. The van der Waals surface area contributed by atoms with Gasteiger partial charge in [-0.1, -0.05) is 12.1 Å². The van der Waals surface area contributed by atoms with Crippen LogP contribution < -0.4 is 10.2 Å². The van der Waals surface area contributed by atoms with Gasteiger partial charge in [-0.25, -0.2) is 0 Å². The molecule has 1 aliphatic rings. The number of hydrogen-bond donors (Lipinski definition) is 1. The lowest BCUT2D eigenvalue weighted by Gasteiger charge is -2.20. The highest BCUT2D eigenvalue weighted by Gasteiger charge is 2.37. The smallest absolute Gasteiger partial charge is 0.312 e. The van der Waals surface area contributed by atoms with Gasteiger partial charge in [0.25, 0.3) is 5.91 Å². The van der Waals surface area contributed by atoms with Crippen molar-refractivity contribution < 1.29 is 23.9 Å². The van der Waals surface area contributed by atoms with Gasteiger partial charge in [-0.3, -0.25) is 14.4 Å². The van der Waals surface area contributed by atoms with E-state index in [9.17, 15) is 14.4 Å². The summed E-state index contributed by atoms with van der Waals surface area (Å²) in [4.78, 5) is 38.2. The first-order valence-electron chi connectivity index (χ1n) is 8.68. The maximum Gasteiger partial charge on any atom is 0.312 e. The molecule has 1 aliphatic heterocycles. The van der Waals surface area contributed by atoms with Gasteiger partial charge in [-0.15, -0.1) is 0 Å². The Morgan fingerprint density at radius 3 is 2.77 bits per heavy atom. The second kappa shape index (κ2) is 8.80. The average Bonchev–Trinajstić information content (AvgIpc) is 2.99. The number of hydrogen-bond acceptors (Lipinski definition) is 5. The molecule has 26 heavy (non-hydrogen) atoms. The molecule has 1 heterocycles. The van der Waals surface area contributed by atoms with Gasteiger partial charge in [0.15, 0.2) is 6.10 Å². The largest absolute Gasteiger partial charge is 0.452 e. The molecule has 1 N–H and O–H groups in total. The molecule has 0 aliphatic carbocycles. The summed E-state index contributed by atoms with van der Waals surface area (Å²) in [7, 11) is 1.54. The lowest BCUT2D eigenvalue weighted by molar-refractivity contribution is -0.158. The summed E-state index contributed by atoms with van der Waals surface area (Å²) in [6, 6.07) is 5.75. The summed E-state index contributed by atoms with van der Waals surface area (Å²) < 4.78 is 10.1. The quantitative estimate of drug-likeness (QED) is 0.585. The maximum absolute atomic E-state index is 12.4. The van der Waals surface area contributed by atoms with Crippen molar-refractivity contribution in [1.82, 2.24) is 5.32 Å². The van der Waals surface area contributed by atoms with E-state index in [0.717, 1.165) is 16.8 Å². The summed E-state index contributed by atoms with van der Waals surface area (Å²) in [6.45, 7) is 6.44. The van der Waals surface area contributed by atoms with E-state index in [1.165, 1.54) is 14.0 Å².